The zero-order chi connectivity index (χ0) is 14.5. The van der Waals surface area contributed by atoms with Crippen LogP contribution in [0.2, 0.25) is 0 Å². The maximum Gasteiger partial charge on any atom is 0.222 e. The number of carbonyl (C=O) groups excluding carboxylic acids is 2. The molecule has 5 nitrogen and oxygen atoms in total. The van der Waals surface area contributed by atoms with E-state index in [0.717, 1.165) is 19.3 Å². The summed E-state index contributed by atoms with van der Waals surface area (Å²) in [6, 6.07) is 0. The second kappa shape index (κ2) is 12.0. The minimum Gasteiger partial charge on any atom is -0.381 e. The summed E-state index contributed by atoms with van der Waals surface area (Å²) in [6.45, 7) is 8.37. The van der Waals surface area contributed by atoms with E-state index in [9.17, 15) is 9.59 Å². The topological polar surface area (TPSA) is 67.4 Å². The van der Waals surface area contributed by atoms with Gasteiger partial charge in [0.25, 0.3) is 0 Å². The van der Waals surface area contributed by atoms with E-state index in [1.165, 1.54) is 0 Å². The van der Waals surface area contributed by atoms with Crippen molar-refractivity contribution in [1.82, 2.24) is 10.6 Å². The van der Waals surface area contributed by atoms with E-state index in [4.69, 9.17) is 4.74 Å². The number of amides is 2. The number of carbonyl (C=O) groups is 2. The van der Waals surface area contributed by atoms with Crippen molar-refractivity contribution in [2.45, 2.75) is 46.5 Å². The third-order valence-electron chi connectivity index (χ3n) is 2.93. The van der Waals surface area contributed by atoms with Crippen LogP contribution in [0.15, 0.2) is 0 Å². The van der Waals surface area contributed by atoms with E-state index in [-0.39, 0.29) is 17.7 Å². The third kappa shape index (κ3) is 10.5. The van der Waals surface area contributed by atoms with Crippen molar-refractivity contribution in [2.75, 3.05) is 26.3 Å². The largest absolute Gasteiger partial charge is 0.381 e. The van der Waals surface area contributed by atoms with Crippen LogP contribution >= 0.6 is 0 Å². The summed E-state index contributed by atoms with van der Waals surface area (Å²) in [6.07, 6.45) is 3.04. The predicted octanol–water partition coefficient (Wildman–Crippen LogP) is 1.47. The third-order valence-corrected chi connectivity index (χ3v) is 2.93. The van der Waals surface area contributed by atoms with Gasteiger partial charge in [0.05, 0.1) is 0 Å². The molecule has 2 N–H and O–H groups in total. The molecule has 5 heteroatoms. The number of hydrogen-bond acceptors (Lipinski definition) is 3. The molecule has 1 unspecified atom stereocenters. The van der Waals surface area contributed by atoms with Gasteiger partial charge in [-0.2, -0.15) is 0 Å². The maximum atomic E-state index is 11.4. The van der Waals surface area contributed by atoms with E-state index in [1.54, 1.807) is 0 Å². The van der Waals surface area contributed by atoms with Crippen LogP contribution in [0.3, 0.4) is 0 Å². The van der Waals surface area contributed by atoms with Gasteiger partial charge in [-0.3, -0.25) is 9.59 Å². The fourth-order valence-electron chi connectivity index (χ4n) is 1.37. The fourth-order valence-corrected chi connectivity index (χ4v) is 1.37. The number of nitrogens with one attached hydrogen (secondary N) is 2. The molecule has 0 heterocycles. The molecule has 0 aliphatic rings. The summed E-state index contributed by atoms with van der Waals surface area (Å²) in [7, 11) is 0. The highest BCUT2D eigenvalue weighted by molar-refractivity contribution is 5.78. The zero-order valence-corrected chi connectivity index (χ0v) is 12.5. The van der Waals surface area contributed by atoms with E-state index in [1.807, 2.05) is 20.8 Å². The molecular formula is C14H28N2O3. The molecule has 0 bridgehead atoms. The van der Waals surface area contributed by atoms with Gasteiger partial charge in [-0.25, -0.2) is 0 Å². The smallest absolute Gasteiger partial charge is 0.222 e. The number of hydrogen-bond donors (Lipinski definition) is 2. The van der Waals surface area contributed by atoms with E-state index in [0.29, 0.717) is 32.7 Å². The Hall–Kier alpha value is -1.10. The Bertz CT molecular complexity index is 257. The minimum absolute atomic E-state index is 0.0766. The van der Waals surface area contributed by atoms with Crippen molar-refractivity contribution in [3.8, 4) is 0 Å². The minimum atomic E-state index is 0.0766. The summed E-state index contributed by atoms with van der Waals surface area (Å²) in [5.74, 6) is 0.278. The summed E-state index contributed by atoms with van der Waals surface area (Å²) >= 11 is 0. The molecule has 1 atom stereocenters. The highest BCUT2D eigenvalue weighted by Gasteiger charge is 2.08. The molecule has 0 radical (unpaired) electrons. The highest BCUT2D eigenvalue weighted by atomic mass is 16.5. The van der Waals surface area contributed by atoms with Crippen molar-refractivity contribution in [1.29, 1.82) is 0 Å². The zero-order valence-electron chi connectivity index (χ0n) is 12.5. The highest BCUT2D eigenvalue weighted by Crippen LogP contribution is 1.99. The van der Waals surface area contributed by atoms with Crippen molar-refractivity contribution in [3.63, 3.8) is 0 Å². The van der Waals surface area contributed by atoms with Gasteiger partial charge in [-0.15, -0.1) is 0 Å². The van der Waals surface area contributed by atoms with Crippen LogP contribution in [-0.2, 0) is 14.3 Å². The molecule has 0 aliphatic heterocycles. The summed E-state index contributed by atoms with van der Waals surface area (Å²) in [4.78, 5) is 22.4. The van der Waals surface area contributed by atoms with Crippen LogP contribution in [-0.4, -0.2) is 38.1 Å². The molecule has 0 rings (SSSR count). The molecule has 0 saturated heterocycles. The molecule has 0 fully saturated rings. The van der Waals surface area contributed by atoms with Crippen molar-refractivity contribution >= 4 is 11.8 Å². The van der Waals surface area contributed by atoms with Crippen molar-refractivity contribution in [2.24, 2.45) is 5.92 Å². The fraction of sp³-hybridized carbons (Fsp3) is 0.857. The van der Waals surface area contributed by atoms with Crippen LogP contribution in [0.25, 0.3) is 0 Å². The Morgan fingerprint density at radius 1 is 1.05 bits per heavy atom. The van der Waals surface area contributed by atoms with Crippen molar-refractivity contribution in [3.05, 3.63) is 0 Å². The molecule has 0 saturated carbocycles. The van der Waals surface area contributed by atoms with Gasteiger partial charge in [0.2, 0.25) is 11.8 Å². The Kier molecular flexibility index (Phi) is 11.3. The van der Waals surface area contributed by atoms with Gasteiger partial charge in [0.1, 0.15) is 0 Å². The molecule has 19 heavy (non-hydrogen) atoms. The van der Waals surface area contributed by atoms with Gasteiger partial charge in [-0.1, -0.05) is 20.8 Å². The molecule has 2 amide bonds. The Morgan fingerprint density at radius 2 is 1.63 bits per heavy atom. The van der Waals surface area contributed by atoms with Gasteiger partial charge in [0, 0.05) is 38.6 Å². The first-order valence-corrected chi connectivity index (χ1v) is 7.23. The van der Waals surface area contributed by atoms with E-state index in [2.05, 4.69) is 10.6 Å². The number of ether oxygens (including phenoxy) is 1. The maximum absolute atomic E-state index is 11.4. The second-order valence-electron chi connectivity index (χ2n) is 4.62. The average Bonchev–Trinajstić information content (AvgIpc) is 2.43. The monoisotopic (exact) mass is 272 g/mol. The Balaban J connectivity index is 3.23. The normalized spacial score (nSPS) is 11.9. The summed E-state index contributed by atoms with van der Waals surface area (Å²) < 4.78 is 5.42. The summed E-state index contributed by atoms with van der Waals surface area (Å²) in [5, 5.41) is 5.67. The molecule has 0 aromatic heterocycles. The molecule has 0 spiro atoms. The molecular weight excluding hydrogens is 244 g/mol. The molecule has 0 aromatic rings. The summed E-state index contributed by atoms with van der Waals surface area (Å²) in [5.41, 5.74) is 0. The Labute approximate surface area is 116 Å². The lowest BCUT2D eigenvalue weighted by Gasteiger charge is -2.10. The van der Waals surface area contributed by atoms with Crippen molar-refractivity contribution < 1.29 is 14.3 Å². The van der Waals surface area contributed by atoms with Gasteiger partial charge in [0.15, 0.2) is 0 Å². The van der Waals surface area contributed by atoms with Gasteiger partial charge < -0.3 is 15.4 Å². The quantitative estimate of drug-likeness (QED) is 0.560. The van der Waals surface area contributed by atoms with Crippen LogP contribution in [0, 0.1) is 5.92 Å². The molecule has 112 valence electrons. The second-order valence-corrected chi connectivity index (χ2v) is 4.62. The lowest BCUT2D eigenvalue weighted by molar-refractivity contribution is -0.124. The van der Waals surface area contributed by atoms with Gasteiger partial charge >= 0.3 is 0 Å². The lowest BCUT2D eigenvalue weighted by Crippen LogP contribution is -2.30. The number of rotatable bonds is 11. The Morgan fingerprint density at radius 3 is 2.16 bits per heavy atom. The standard InChI is InChI=1S/C14H28N2O3/c1-4-12(3)14(18)16-9-7-11-19-10-6-8-15-13(17)5-2/h12H,4-11H2,1-3H3,(H,15,17)(H,16,18). The van der Waals surface area contributed by atoms with Crippen LogP contribution in [0.4, 0.5) is 0 Å². The lowest BCUT2D eigenvalue weighted by atomic mass is 10.1. The first kappa shape index (κ1) is 17.9. The van der Waals surface area contributed by atoms with E-state index < -0.39 is 0 Å². The molecule has 0 aromatic carbocycles. The first-order valence-electron chi connectivity index (χ1n) is 7.23. The SMILES string of the molecule is CCC(=O)NCCCOCCCNC(=O)C(C)CC. The predicted molar refractivity (Wildman–Crippen MR) is 75.8 cm³/mol. The van der Waals surface area contributed by atoms with Crippen LogP contribution < -0.4 is 10.6 Å². The average molecular weight is 272 g/mol. The van der Waals surface area contributed by atoms with E-state index >= 15 is 0 Å². The van der Waals surface area contributed by atoms with Crippen LogP contribution in [0.5, 0.6) is 0 Å². The van der Waals surface area contributed by atoms with Gasteiger partial charge in [-0.05, 0) is 19.3 Å². The van der Waals surface area contributed by atoms with Crippen LogP contribution in [0.1, 0.15) is 46.5 Å². The molecule has 0 aliphatic carbocycles. The first-order chi connectivity index (χ1) is 9.11.